The van der Waals surface area contributed by atoms with Gasteiger partial charge in [-0.3, -0.25) is 0 Å². The molecule has 82 valence electrons. The van der Waals surface area contributed by atoms with Gasteiger partial charge in [-0.25, -0.2) is 4.79 Å². The molecule has 2 aromatic rings. The van der Waals surface area contributed by atoms with Gasteiger partial charge in [-0.05, 0) is 12.1 Å². The van der Waals surface area contributed by atoms with Crippen LogP contribution < -0.4 is 0 Å². The lowest BCUT2D eigenvalue weighted by Crippen LogP contribution is -1.91. The Kier molecular flexibility index (Phi) is 2.98. The summed E-state index contributed by atoms with van der Waals surface area (Å²) in [5, 5.41) is 12.8. The summed E-state index contributed by atoms with van der Waals surface area (Å²) < 4.78 is 5.48. The van der Waals surface area contributed by atoms with Crippen molar-refractivity contribution in [3.63, 3.8) is 0 Å². The zero-order valence-corrected chi connectivity index (χ0v) is 10.1. The highest BCUT2D eigenvalue weighted by molar-refractivity contribution is 9.10. The third-order valence-corrected chi connectivity index (χ3v) is 2.73. The van der Waals surface area contributed by atoms with Crippen LogP contribution in [0, 0.1) is 0 Å². The summed E-state index contributed by atoms with van der Waals surface area (Å²) in [5.41, 5.74) is 1.02. The molecule has 6 heteroatoms. The van der Waals surface area contributed by atoms with Crippen molar-refractivity contribution in [2.24, 2.45) is 0 Å². The molecule has 2 rings (SSSR count). The average molecular weight is 303 g/mol. The molecule has 16 heavy (non-hydrogen) atoms. The summed E-state index contributed by atoms with van der Waals surface area (Å²) in [6, 6.07) is 6.55. The quantitative estimate of drug-likeness (QED) is 0.923. The van der Waals surface area contributed by atoms with Gasteiger partial charge in [0.05, 0.1) is 5.02 Å². The van der Waals surface area contributed by atoms with Crippen molar-refractivity contribution in [3.05, 3.63) is 39.5 Å². The van der Waals surface area contributed by atoms with Gasteiger partial charge >= 0.3 is 5.97 Å². The molecule has 4 nitrogen and oxygen atoms in total. The van der Waals surface area contributed by atoms with Crippen molar-refractivity contribution < 1.29 is 14.4 Å². The van der Waals surface area contributed by atoms with Gasteiger partial charge in [-0.2, -0.15) is 0 Å². The van der Waals surface area contributed by atoms with Crippen molar-refractivity contribution in [2.75, 3.05) is 0 Å². The molecule has 0 saturated heterocycles. The first-order valence-corrected chi connectivity index (χ1v) is 5.40. The highest BCUT2D eigenvalue weighted by Gasteiger charge is 2.14. The Morgan fingerprint density at radius 3 is 2.75 bits per heavy atom. The molecule has 1 aromatic heterocycles. The van der Waals surface area contributed by atoms with Crippen molar-refractivity contribution in [3.8, 4) is 11.3 Å². The van der Waals surface area contributed by atoms with Crippen LogP contribution >= 0.6 is 27.5 Å². The number of carboxylic acids is 1. The van der Waals surface area contributed by atoms with Crippen LogP contribution in [0.5, 0.6) is 0 Å². The molecule has 0 spiro atoms. The third-order valence-electron chi connectivity index (χ3n) is 1.93. The molecule has 0 fully saturated rings. The van der Waals surface area contributed by atoms with Crippen molar-refractivity contribution >= 4 is 33.5 Å². The number of halogens is 2. The molecule has 0 saturated carbocycles. The Hall–Kier alpha value is -1.33. The van der Waals surface area contributed by atoms with E-state index in [4.69, 9.17) is 16.7 Å². The molecule has 0 aliphatic carbocycles. The molecule has 1 heterocycles. The number of benzene rings is 1. The summed E-state index contributed by atoms with van der Waals surface area (Å²) in [4.78, 5) is 10.6. The standard InChI is InChI=1S/C10H5BrClNO3/c11-5-1-2-6(7(12)3-5)8-4-9(10(14)15)16-13-8/h1-4H,(H,14,15). The fraction of sp³-hybridized carbons (Fsp3) is 0. The Morgan fingerprint density at radius 1 is 1.44 bits per heavy atom. The normalized spacial score (nSPS) is 10.4. The number of hydrogen-bond acceptors (Lipinski definition) is 3. The largest absolute Gasteiger partial charge is 0.475 e. The molecule has 1 N–H and O–H groups in total. The molecule has 0 bridgehead atoms. The number of carbonyl (C=O) groups is 1. The second kappa shape index (κ2) is 4.27. The lowest BCUT2D eigenvalue weighted by Gasteiger charge is -1.99. The van der Waals surface area contributed by atoms with Gasteiger partial charge in [0, 0.05) is 16.1 Å². The lowest BCUT2D eigenvalue weighted by atomic mass is 10.1. The number of aromatic nitrogens is 1. The van der Waals surface area contributed by atoms with Crippen LogP contribution in [0.2, 0.25) is 5.02 Å². The van der Waals surface area contributed by atoms with E-state index >= 15 is 0 Å². The van der Waals surface area contributed by atoms with E-state index in [1.165, 1.54) is 6.07 Å². The van der Waals surface area contributed by atoms with Gasteiger partial charge < -0.3 is 9.63 Å². The SMILES string of the molecule is O=C(O)c1cc(-c2ccc(Br)cc2Cl)no1. The highest BCUT2D eigenvalue weighted by atomic mass is 79.9. The van der Waals surface area contributed by atoms with E-state index < -0.39 is 5.97 Å². The molecule has 0 unspecified atom stereocenters. The van der Waals surface area contributed by atoms with E-state index in [1.54, 1.807) is 18.2 Å². The lowest BCUT2D eigenvalue weighted by molar-refractivity contribution is 0.0652. The predicted molar refractivity (Wildman–Crippen MR) is 61.6 cm³/mol. The van der Waals surface area contributed by atoms with E-state index in [0.29, 0.717) is 16.3 Å². The second-order valence-corrected chi connectivity index (χ2v) is 4.33. The van der Waals surface area contributed by atoms with Crippen LogP contribution in [0.15, 0.2) is 33.3 Å². The topological polar surface area (TPSA) is 63.3 Å². The monoisotopic (exact) mass is 301 g/mol. The minimum Gasteiger partial charge on any atom is -0.475 e. The van der Waals surface area contributed by atoms with Crippen molar-refractivity contribution in [2.45, 2.75) is 0 Å². The molecular formula is C10H5BrClNO3. The highest BCUT2D eigenvalue weighted by Crippen LogP contribution is 2.29. The van der Waals surface area contributed by atoms with Gasteiger partial charge in [-0.1, -0.05) is 38.8 Å². The maximum atomic E-state index is 10.6. The maximum Gasteiger partial charge on any atom is 0.374 e. The van der Waals surface area contributed by atoms with E-state index in [-0.39, 0.29) is 5.76 Å². The first-order chi connectivity index (χ1) is 7.58. The van der Waals surface area contributed by atoms with Crippen LogP contribution in [0.4, 0.5) is 0 Å². The number of nitrogens with zero attached hydrogens (tertiary/aromatic N) is 1. The average Bonchev–Trinajstić information content (AvgIpc) is 2.66. The first-order valence-electron chi connectivity index (χ1n) is 4.23. The Balaban J connectivity index is 2.46. The van der Waals surface area contributed by atoms with Crippen molar-refractivity contribution in [1.29, 1.82) is 0 Å². The van der Waals surface area contributed by atoms with E-state index in [0.717, 1.165) is 4.47 Å². The van der Waals surface area contributed by atoms with Crippen molar-refractivity contribution in [1.82, 2.24) is 5.16 Å². The van der Waals surface area contributed by atoms with E-state index in [1.807, 2.05) is 0 Å². The van der Waals surface area contributed by atoms with Crippen LogP contribution in [0.1, 0.15) is 10.6 Å². The second-order valence-electron chi connectivity index (χ2n) is 3.01. The van der Waals surface area contributed by atoms with Crippen LogP contribution in [-0.4, -0.2) is 16.2 Å². The Labute approximate surface area is 104 Å². The summed E-state index contributed by atoms with van der Waals surface area (Å²) in [7, 11) is 0. The number of aromatic carboxylic acids is 1. The van der Waals surface area contributed by atoms with Gasteiger partial charge in [0.2, 0.25) is 5.76 Å². The van der Waals surface area contributed by atoms with Gasteiger partial charge in [0.15, 0.2) is 0 Å². The summed E-state index contributed by atoms with van der Waals surface area (Å²) >= 11 is 9.27. The molecule has 0 atom stereocenters. The molecule has 0 aliphatic rings. The zero-order valence-electron chi connectivity index (χ0n) is 7.78. The fourth-order valence-electron chi connectivity index (χ4n) is 1.20. The van der Waals surface area contributed by atoms with Crippen LogP contribution in [-0.2, 0) is 0 Å². The number of hydrogen-bond donors (Lipinski definition) is 1. The summed E-state index contributed by atoms with van der Waals surface area (Å²) in [6.07, 6.45) is 0. The Bertz CT molecular complexity index is 553. The number of carboxylic acid groups (broad SMARTS) is 1. The van der Waals surface area contributed by atoms with Crippen LogP contribution in [0.25, 0.3) is 11.3 Å². The molecule has 1 aromatic carbocycles. The molecule has 0 aliphatic heterocycles. The third kappa shape index (κ3) is 2.10. The fourth-order valence-corrected chi connectivity index (χ4v) is 1.97. The minimum atomic E-state index is -1.16. The maximum absolute atomic E-state index is 10.6. The summed E-state index contributed by atoms with van der Waals surface area (Å²) in [6.45, 7) is 0. The zero-order chi connectivity index (χ0) is 11.7. The smallest absolute Gasteiger partial charge is 0.374 e. The van der Waals surface area contributed by atoms with E-state index in [2.05, 4.69) is 25.6 Å². The predicted octanol–water partition coefficient (Wildman–Crippen LogP) is 3.46. The Morgan fingerprint density at radius 2 is 2.19 bits per heavy atom. The van der Waals surface area contributed by atoms with Gasteiger partial charge in [0.25, 0.3) is 0 Å². The number of rotatable bonds is 2. The molecular weight excluding hydrogens is 297 g/mol. The first kappa shape index (κ1) is 11.2. The van der Waals surface area contributed by atoms with Crippen LogP contribution in [0.3, 0.4) is 0 Å². The molecule has 0 amide bonds. The van der Waals surface area contributed by atoms with E-state index in [9.17, 15) is 4.79 Å². The molecule has 0 radical (unpaired) electrons. The van der Waals surface area contributed by atoms with Gasteiger partial charge in [0.1, 0.15) is 5.69 Å². The summed E-state index contributed by atoms with van der Waals surface area (Å²) in [5.74, 6) is -1.37. The van der Waals surface area contributed by atoms with Gasteiger partial charge in [-0.15, -0.1) is 0 Å². The minimum absolute atomic E-state index is 0.214.